The monoisotopic (exact) mass is 475 g/mol. The summed E-state index contributed by atoms with van der Waals surface area (Å²) in [5, 5.41) is 9.88. The Morgan fingerprint density at radius 1 is 0.686 bits per heavy atom. The highest BCUT2D eigenvalue weighted by Gasteiger charge is 2.35. The van der Waals surface area contributed by atoms with Crippen molar-refractivity contribution in [1.82, 2.24) is 4.90 Å². The Kier molecular flexibility index (Phi) is 8.72. The van der Waals surface area contributed by atoms with Crippen LogP contribution in [0.4, 0.5) is 11.4 Å². The summed E-state index contributed by atoms with van der Waals surface area (Å²) in [6.07, 6.45) is 3.53. The fourth-order valence-corrected chi connectivity index (χ4v) is 5.82. The van der Waals surface area contributed by atoms with Crippen LogP contribution in [-0.2, 0) is 0 Å². The molecule has 192 valence electrons. The molecule has 0 spiro atoms. The van der Waals surface area contributed by atoms with Crippen LogP contribution in [0.3, 0.4) is 0 Å². The molecule has 0 aromatic heterocycles. The second-order valence-corrected chi connectivity index (χ2v) is 11.9. The zero-order valence-corrected chi connectivity index (χ0v) is 23.9. The lowest BCUT2D eigenvalue weighted by Gasteiger charge is -2.46. The summed E-state index contributed by atoms with van der Waals surface area (Å²) in [4.78, 5) is 4.76. The van der Waals surface area contributed by atoms with Gasteiger partial charge in [-0.1, -0.05) is 91.8 Å². The molecule has 1 fully saturated rings. The Labute approximate surface area is 215 Å². The van der Waals surface area contributed by atoms with Crippen molar-refractivity contribution in [3.63, 3.8) is 0 Å². The van der Waals surface area contributed by atoms with Crippen LogP contribution in [0.25, 0.3) is 0 Å². The third-order valence-corrected chi connectivity index (χ3v) is 7.78. The molecule has 1 saturated heterocycles. The quantitative estimate of drug-likeness (QED) is 0.333. The zero-order chi connectivity index (χ0) is 26.0. The lowest BCUT2D eigenvalue weighted by molar-refractivity contribution is 0.188. The van der Waals surface area contributed by atoms with Crippen molar-refractivity contribution in [3.05, 3.63) is 58.7 Å². The van der Waals surface area contributed by atoms with Crippen molar-refractivity contribution in [2.45, 2.75) is 124 Å². The van der Waals surface area contributed by atoms with Crippen LogP contribution < -0.4 is 4.90 Å². The highest BCUT2D eigenvalue weighted by Crippen LogP contribution is 2.45. The van der Waals surface area contributed by atoms with Crippen molar-refractivity contribution < 1.29 is 0 Å². The summed E-state index contributed by atoms with van der Waals surface area (Å²) in [6.45, 7) is 22.9. The molecule has 1 aliphatic rings. The van der Waals surface area contributed by atoms with Crippen molar-refractivity contribution in [3.8, 4) is 0 Å². The van der Waals surface area contributed by atoms with Gasteiger partial charge in [-0.05, 0) is 79.0 Å². The van der Waals surface area contributed by atoms with Gasteiger partial charge in [-0.15, -0.1) is 0 Å². The van der Waals surface area contributed by atoms with Gasteiger partial charge in [0.25, 0.3) is 0 Å². The van der Waals surface area contributed by atoms with Gasteiger partial charge in [-0.3, -0.25) is 10.3 Å². The zero-order valence-electron chi connectivity index (χ0n) is 23.9. The predicted octanol–water partition coefficient (Wildman–Crippen LogP) is 9.52. The highest BCUT2D eigenvalue weighted by molar-refractivity contribution is 6.04. The molecule has 2 aromatic carbocycles. The smallest absolute Gasteiger partial charge is 0.203 e. The molecule has 0 aliphatic carbocycles. The number of hydrogen-bond acceptors (Lipinski definition) is 1. The number of likely N-dealkylation sites (tertiary alicyclic amines) is 1. The van der Waals surface area contributed by atoms with E-state index in [1.165, 1.54) is 40.0 Å². The number of anilines is 2. The van der Waals surface area contributed by atoms with Crippen LogP contribution in [0.5, 0.6) is 0 Å². The molecule has 2 unspecified atom stereocenters. The van der Waals surface area contributed by atoms with Gasteiger partial charge in [0.2, 0.25) is 5.96 Å². The maximum absolute atomic E-state index is 9.88. The lowest BCUT2D eigenvalue weighted by Crippen LogP contribution is -2.53. The van der Waals surface area contributed by atoms with Crippen LogP contribution in [0.2, 0.25) is 0 Å². The first-order valence-corrected chi connectivity index (χ1v) is 13.9. The van der Waals surface area contributed by atoms with E-state index in [1.54, 1.807) is 0 Å². The molecular weight excluding hydrogens is 426 g/mol. The van der Waals surface area contributed by atoms with Gasteiger partial charge in [-0.2, -0.15) is 0 Å². The second-order valence-electron chi connectivity index (χ2n) is 11.9. The van der Waals surface area contributed by atoms with Gasteiger partial charge in [-0.25, -0.2) is 0 Å². The Hall–Kier alpha value is -2.29. The van der Waals surface area contributed by atoms with Gasteiger partial charge >= 0.3 is 0 Å². The first-order valence-electron chi connectivity index (χ1n) is 13.9. The number of guanidine groups is 1. The van der Waals surface area contributed by atoms with E-state index in [0.717, 1.165) is 12.8 Å². The van der Waals surface area contributed by atoms with E-state index in [1.807, 2.05) is 0 Å². The summed E-state index contributed by atoms with van der Waals surface area (Å²) < 4.78 is 0. The lowest BCUT2D eigenvalue weighted by atomic mass is 9.88. The first kappa shape index (κ1) is 27.3. The molecule has 1 heterocycles. The van der Waals surface area contributed by atoms with E-state index in [4.69, 9.17) is 0 Å². The Balaban J connectivity index is 2.44. The average Bonchev–Trinajstić information content (AvgIpc) is 2.78. The Bertz CT molecular complexity index is 891. The SMILES string of the molecule is CC(C)c1cccc(C(C)C)c1N(C(=N)N1C(C)CCCC1C)c1c(C(C)C)cccc1C(C)C. The molecule has 35 heavy (non-hydrogen) atoms. The van der Waals surface area contributed by atoms with E-state index < -0.39 is 0 Å². The van der Waals surface area contributed by atoms with E-state index in [9.17, 15) is 5.41 Å². The average molecular weight is 476 g/mol. The minimum atomic E-state index is 0.358. The third-order valence-electron chi connectivity index (χ3n) is 7.78. The molecule has 3 heteroatoms. The molecule has 2 atom stereocenters. The molecule has 1 aliphatic heterocycles. The predicted molar refractivity (Wildman–Crippen MR) is 154 cm³/mol. The summed E-state index contributed by atoms with van der Waals surface area (Å²) in [6, 6.07) is 14.3. The van der Waals surface area contributed by atoms with Crippen LogP contribution >= 0.6 is 0 Å². The van der Waals surface area contributed by atoms with E-state index in [2.05, 4.69) is 115 Å². The number of nitrogens with one attached hydrogen (secondary N) is 1. The first-order chi connectivity index (χ1) is 16.5. The summed E-state index contributed by atoms with van der Waals surface area (Å²) in [7, 11) is 0. The van der Waals surface area contributed by atoms with Crippen molar-refractivity contribution in [2.75, 3.05) is 4.90 Å². The molecular formula is C32H49N3. The van der Waals surface area contributed by atoms with Crippen LogP contribution in [0.1, 0.15) is 134 Å². The second kappa shape index (κ2) is 11.2. The van der Waals surface area contributed by atoms with Crippen LogP contribution in [0, 0.1) is 5.41 Å². The number of nitrogens with zero attached hydrogens (tertiary/aromatic N) is 2. The van der Waals surface area contributed by atoms with E-state index >= 15 is 0 Å². The molecule has 3 nitrogen and oxygen atoms in total. The minimum absolute atomic E-state index is 0.358. The van der Waals surface area contributed by atoms with Gasteiger partial charge < -0.3 is 4.90 Å². The van der Waals surface area contributed by atoms with Crippen LogP contribution in [-0.4, -0.2) is 22.9 Å². The maximum atomic E-state index is 9.88. The number of para-hydroxylation sites is 2. The highest BCUT2D eigenvalue weighted by atomic mass is 15.4. The molecule has 3 rings (SSSR count). The summed E-state index contributed by atoms with van der Waals surface area (Å²) >= 11 is 0. The van der Waals surface area contributed by atoms with Crippen LogP contribution in [0.15, 0.2) is 36.4 Å². The van der Waals surface area contributed by atoms with Crippen molar-refractivity contribution in [1.29, 1.82) is 5.41 Å². The van der Waals surface area contributed by atoms with Gasteiger partial charge in [0.1, 0.15) is 0 Å². The topological polar surface area (TPSA) is 30.3 Å². The maximum Gasteiger partial charge on any atom is 0.203 e. The van der Waals surface area contributed by atoms with Crippen molar-refractivity contribution >= 4 is 17.3 Å². The van der Waals surface area contributed by atoms with Gasteiger partial charge in [0, 0.05) is 12.1 Å². The summed E-state index contributed by atoms with van der Waals surface area (Å²) in [5.74, 6) is 2.09. The Morgan fingerprint density at radius 3 is 1.29 bits per heavy atom. The van der Waals surface area contributed by atoms with Crippen molar-refractivity contribution in [2.24, 2.45) is 0 Å². The molecule has 0 amide bonds. The van der Waals surface area contributed by atoms with E-state index in [0.29, 0.717) is 41.7 Å². The largest absolute Gasteiger partial charge is 0.337 e. The number of rotatable bonds is 6. The fourth-order valence-electron chi connectivity index (χ4n) is 5.82. The Morgan fingerprint density at radius 2 is 1.00 bits per heavy atom. The fraction of sp³-hybridized carbons (Fsp3) is 0.594. The molecule has 0 saturated carbocycles. The van der Waals surface area contributed by atoms with Gasteiger partial charge in [0.15, 0.2) is 0 Å². The van der Waals surface area contributed by atoms with E-state index in [-0.39, 0.29) is 0 Å². The third kappa shape index (κ3) is 5.44. The number of benzene rings is 2. The number of hydrogen-bond donors (Lipinski definition) is 1. The summed E-state index contributed by atoms with van der Waals surface area (Å²) in [5.41, 5.74) is 7.75. The number of piperidine rings is 1. The molecule has 0 bridgehead atoms. The molecule has 1 N–H and O–H groups in total. The standard InChI is InChI=1S/C32H49N3/c1-20(2)26-16-12-17-27(21(3)4)30(26)35(32(33)34-24(9)14-11-15-25(34)10)31-28(22(5)6)18-13-19-29(31)23(7)8/h12-13,16-25,33H,11,14-15H2,1-10H3. The molecule has 2 aromatic rings. The normalized spacial score (nSPS) is 18.7. The van der Waals surface area contributed by atoms with Gasteiger partial charge in [0.05, 0.1) is 11.4 Å². The minimum Gasteiger partial charge on any atom is -0.337 e. The molecule has 0 radical (unpaired) electrons.